The van der Waals surface area contributed by atoms with E-state index in [2.05, 4.69) is 20.4 Å². The van der Waals surface area contributed by atoms with Crippen molar-refractivity contribution >= 4 is 29.0 Å². The Kier molecular flexibility index (Phi) is 2.92. The van der Waals surface area contributed by atoms with Gasteiger partial charge in [-0.05, 0) is 17.8 Å². The maximum absolute atomic E-state index is 5.19. The van der Waals surface area contributed by atoms with Crippen LogP contribution in [0.1, 0.15) is 0 Å². The predicted octanol–water partition coefficient (Wildman–Crippen LogP) is 1.37. The van der Waals surface area contributed by atoms with E-state index in [0.29, 0.717) is 5.95 Å². The Hall–Kier alpha value is -1.18. The number of nitrogens with zero attached hydrogens (tertiary/aromatic N) is 3. The van der Waals surface area contributed by atoms with Crippen molar-refractivity contribution in [2.75, 3.05) is 5.43 Å². The highest BCUT2D eigenvalue weighted by molar-refractivity contribution is 8.00. The van der Waals surface area contributed by atoms with Crippen molar-refractivity contribution in [2.24, 2.45) is 5.84 Å². The molecule has 5 nitrogen and oxygen atoms in total. The molecular formula is C7H7N5S2. The van der Waals surface area contributed by atoms with Crippen molar-refractivity contribution in [3.05, 3.63) is 23.8 Å². The highest BCUT2D eigenvalue weighted by Gasteiger charge is 2.02. The smallest absolute Gasteiger partial charge is 0.238 e. The number of nitrogens with one attached hydrogen (secondary N) is 1. The van der Waals surface area contributed by atoms with Crippen molar-refractivity contribution in [1.29, 1.82) is 0 Å². The molecule has 0 aliphatic heterocycles. The molecule has 0 bridgehead atoms. The number of hydrazine groups is 1. The molecule has 0 amide bonds. The summed E-state index contributed by atoms with van der Waals surface area (Å²) in [6, 6.07) is 1.81. The van der Waals surface area contributed by atoms with E-state index < -0.39 is 0 Å². The normalized spacial score (nSPS) is 10.1. The maximum Gasteiger partial charge on any atom is 0.238 e. The minimum absolute atomic E-state index is 0.409. The van der Waals surface area contributed by atoms with Crippen LogP contribution in [0.25, 0.3) is 0 Å². The lowest BCUT2D eigenvalue weighted by atomic mass is 10.7. The monoisotopic (exact) mass is 225 g/mol. The molecular weight excluding hydrogens is 218 g/mol. The van der Waals surface area contributed by atoms with E-state index in [1.807, 2.05) is 11.4 Å². The van der Waals surface area contributed by atoms with Gasteiger partial charge in [-0.25, -0.2) is 20.8 Å². The van der Waals surface area contributed by atoms with Gasteiger partial charge in [-0.2, -0.15) is 0 Å². The number of hydrogen-bond acceptors (Lipinski definition) is 7. The number of thiazole rings is 1. The first-order chi connectivity index (χ1) is 6.88. The van der Waals surface area contributed by atoms with Gasteiger partial charge in [0.25, 0.3) is 0 Å². The van der Waals surface area contributed by atoms with E-state index >= 15 is 0 Å². The second-order valence-corrected chi connectivity index (χ2v) is 4.42. The van der Waals surface area contributed by atoms with Crippen molar-refractivity contribution in [3.8, 4) is 0 Å². The first kappa shape index (κ1) is 9.38. The summed E-state index contributed by atoms with van der Waals surface area (Å²) in [6.07, 6.45) is 3.41. The molecule has 0 unspecified atom stereocenters. The Bertz CT molecular complexity index is 402. The fraction of sp³-hybridized carbons (Fsp3) is 0. The minimum atomic E-state index is 0.409. The topological polar surface area (TPSA) is 76.7 Å². The standard InChI is InChI=1S/C7H7N5S2/c8-12-6-9-2-1-5(11-6)14-7-10-3-4-13-7/h1-4H,8H2,(H,9,11,12). The summed E-state index contributed by atoms with van der Waals surface area (Å²) in [5.74, 6) is 5.60. The van der Waals surface area contributed by atoms with Gasteiger partial charge in [-0.15, -0.1) is 11.3 Å². The summed E-state index contributed by atoms with van der Waals surface area (Å²) in [5.41, 5.74) is 2.39. The largest absolute Gasteiger partial charge is 0.292 e. The summed E-state index contributed by atoms with van der Waals surface area (Å²) < 4.78 is 0.951. The van der Waals surface area contributed by atoms with Crippen molar-refractivity contribution < 1.29 is 0 Å². The Labute approximate surface area is 88.8 Å². The van der Waals surface area contributed by atoms with E-state index in [0.717, 1.165) is 9.37 Å². The number of nitrogens with two attached hydrogens (primary N) is 1. The minimum Gasteiger partial charge on any atom is -0.292 e. The zero-order chi connectivity index (χ0) is 9.80. The van der Waals surface area contributed by atoms with Gasteiger partial charge in [0.15, 0.2) is 4.34 Å². The fourth-order valence-corrected chi connectivity index (χ4v) is 2.35. The molecule has 2 aromatic heterocycles. The van der Waals surface area contributed by atoms with E-state index in [9.17, 15) is 0 Å². The third-order valence-corrected chi connectivity index (χ3v) is 3.18. The van der Waals surface area contributed by atoms with Crippen molar-refractivity contribution in [3.63, 3.8) is 0 Å². The number of anilines is 1. The van der Waals surface area contributed by atoms with Crippen LogP contribution >= 0.6 is 23.1 Å². The molecule has 0 aliphatic carbocycles. The molecule has 14 heavy (non-hydrogen) atoms. The average molecular weight is 225 g/mol. The zero-order valence-electron chi connectivity index (χ0n) is 7.04. The number of rotatable bonds is 3. The van der Waals surface area contributed by atoms with E-state index in [1.54, 1.807) is 23.7 Å². The SMILES string of the molecule is NNc1nccc(Sc2nccs2)n1. The van der Waals surface area contributed by atoms with E-state index in [1.165, 1.54) is 11.8 Å². The molecule has 0 fully saturated rings. The molecule has 72 valence electrons. The summed E-state index contributed by atoms with van der Waals surface area (Å²) in [4.78, 5) is 12.2. The molecule has 2 aromatic rings. The van der Waals surface area contributed by atoms with Gasteiger partial charge in [0, 0.05) is 17.8 Å². The molecule has 0 saturated carbocycles. The van der Waals surface area contributed by atoms with E-state index in [-0.39, 0.29) is 0 Å². The van der Waals surface area contributed by atoms with Crippen LogP contribution in [0.2, 0.25) is 0 Å². The Morgan fingerprint density at radius 1 is 1.36 bits per heavy atom. The van der Waals surface area contributed by atoms with Crippen LogP contribution in [0.4, 0.5) is 5.95 Å². The predicted molar refractivity (Wildman–Crippen MR) is 56.1 cm³/mol. The first-order valence-electron chi connectivity index (χ1n) is 3.75. The molecule has 2 heterocycles. The lowest BCUT2D eigenvalue weighted by molar-refractivity contribution is 1.03. The van der Waals surface area contributed by atoms with Crippen molar-refractivity contribution in [1.82, 2.24) is 15.0 Å². The summed E-state index contributed by atoms with van der Waals surface area (Å²) in [6.45, 7) is 0. The van der Waals surface area contributed by atoms with Gasteiger partial charge < -0.3 is 0 Å². The van der Waals surface area contributed by atoms with Crippen LogP contribution in [0.3, 0.4) is 0 Å². The zero-order valence-corrected chi connectivity index (χ0v) is 8.68. The fourth-order valence-electron chi connectivity index (χ4n) is 0.819. The van der Waals surface area contributed by atoms with Crippen LogP contribution < -0.4 is 11.3 Å². The van der Waals surface area contributed by atoms with Gasteiger partial charge in [-0.1, -0.05) is 0 Å². The molecule has 0 saturated heterocycles. The Balaban J connectivity index is 2.17. The number of hydrogen-bond donors (Lipinski definition) is 2. The van der Waals surface area contributed by atoms with Crippen molar-refractivity contribution in [2.45, 2.75) is 9.37 Å². The second-order valence-electron chi connectivity index (χ2n) is 2.26. The maximum atomic E-state index is 5.19. The summed E-state index contributed by atoms with van der Waals surface area (Å²) >= 11 is 3.06. The molecule has 2 rings (SSSR count). The molecule has 0 radical (unpaired) electrons. The van der Waals surface area contributed by atoms with Crippen LogP contribution in [0.15, 0.2) is 33.2 Å². The lowest BCUT2D eigenvalue weighted by Gasteiger charge is -1.99. The second kappa shape index (κ2) is 4.36. The van der Waals surface area contributed by atoms with Gasteiger partial charge in [0.05, 0.1) is 0 Å². The number of nitrogen functional groups attached to an aromatic ring is 1. The average Bonchev–Trinajstić information content (AvgIpc) is 2.71. The van der Waals surface area contributed by atoms with Gasteiger partial charge in [-0.3, -0.25) is 5.43 Å². The molecule has 7 heteroatoms. The third-order valence-electron chi connectivity index (χ3n) is 1.36. The quantitative estimate of drug-likeness (QED) is 0.467. The molecule has 3 N–H and O–H groups in total. The Morgan fingerprint density at radius 3 is 3.00 bits per heavy atom. The van der Waals surface area contributed by atoms with E-state index in [4.69, 9.17) is 5.84 Å². The van der Waals surface area contributed by atoms with Gasteiger partial charge in [0.1, 0.15) is 5.03 Å². The van der Waals surface area contributed by atoms with Gasteiger partial charge >= 0.3 is 0 Å². The third kappa shape index (κ3) is 2.19. The molecule has 0 aliphatic rings. The van der Waals surface area contributed by atoms with Crippen LogP contribution in [-0.4, -0.2) is 15.0 Å². The first-order valence-corrected chi connectivity index (χ1v) is 5.45. The molecule has 0 atom stereocenters. The van der Waals surface area contributed by atoms with Crippen LogP contribution in [0.5, 0.6) is 0 Å². The summed E-state index contributed by atoms with van der Waals surface area (Å²) in [7, 11) is 0. The van der Waals surface area contributed by atoms with Gasteiger partial charge in [0.2, 0.25) is 5.95 Å². The van der Waals surface area contributed by atoms with Crippen LogP contribution in [-0.2, 0) is 0 Å². The summed E-state index contributed by atoms with van der Waals surface area (Å²) in [5, 5.41) is 2.74. The Morgan fingerprint density at radius 2 is 2.29 bits per heavy atom. The molecule has 0 aromatic carbocycles. The molecule has 0 spiro atoms. The van der Waals surface area contributed by atoms with Crippen LogP contribution in [0, 0.1) is 0 Å². The highest BCUT2D eigenvalue weighted by Crippen LogP contribution is 2.27. The highest BCUT2D eigenvalue weighted by atomic mass is 32.2. The lowest BCUT2D eigenvalue weighted by Crippen LogP contribution is -2.10. The number of aromatic nitrogens is 3.